The van der Waals surface area contributed by atoms with Crippen molar-refractivity contribution in [2.45, 2.75) is 12.5 Å². The quantitative estimate of drug-likeness (QED) is 0.288. The largest absolute Gasteiger partial charge is 0.451 e. The third-order valence-electron chi connectivity index (χ3n) is 2.11. The number of hydrogen-bond donors (Lipinski definition) is 3. The first-order valence-corrected chi connectivity index (χ1v) is 4.08. The van der Waals surface area contributed by atoms with Crippen LogP contribution >= 0.6 is 0 Å². The van der Waals surface area contributed by atoms with Crippen LogP contribution in [0, 0.1) is 0 Å². The maximum atomic E-state index is 11.4. The van der Waals surface area contributed by atoms with E-state index in [0.717, 1.165) is 14.0 Å². The number of rotatable bonds is 1. The van der Waals surface area contributed by atoms with Crippen molar-refractivity contribution < 1.29 is 29.1 Å². The van der Waals surface area contributed by atoms with Gasteiger partial charge in [0.05, 0.1) is 7.11 Å². The van der Waals surface area contributed by atoms with Crippen LogP contribution < -0.4 is 10.6 Å². The molecule has 0 aromatic heterocycles. The Hall–Kier alpha value is -2.16. The minimum absolute atomic E-state index is 0.190. The van der Waals surface area contributed by atoms with Gasteiger partial charge in [-0.25, -0.2) is 9.59 Å². The normalized spacial score (nSPS) is 18.6. The number of methoxy groups -OCH3 is 1. The summed E-state index contributed by atoms with van der Waals surface area (Å²) in [6, 6.07) is -1.02. The summed E-state index contributed by atoms with van der Waals surface area (Å²) in [5, 5.41) is 12.6. The van der Waals surface area contributed by atoms with Gasteiger partial charge in [0.2, 0.25) is 5.54 Å². The summed E-state index contributed by atoms with van der Waals surface area (Å²) >= 11 is 0. The van der Waals surface area contributed by atoms with Crippen molar-refractivity contribution in [3.05, 3.63) is 0 Å². The number of urea groups is 1. The predicted molar refractivity (Wildman–Crippen MR) is 46.1 cm³/mol. The van der Waals surface area contributed by atoms with Crippen molar-refractivity contribution >= 4 is 23.9 Å². The maximum Gasteiger partial charge on any atom is 0.435 e. The van der Waals surface area contributed by atoms with Gasteiger partial charge in [0.15, 0.2) is 0 Å². The topological polar surface area (TPSA) is 125 Å². The lowest BCUT2D eigenvalue weighted by molar-refractivity contribution is -0.174. The maximum absolute atomic E-state index is 11.4. The van der Waals surface area contributed by atoms with E-state index in [1.165, 1.54) is 0 Å². The fourth-order valence-corrected chi connectivity index (χ4v) is 1.05. The first-order chi connectivity index (χ1) is 7.33. The molecule has 9 nitrogen and oxygen atoms in total. The second-order valence-corrected chi connectivity index (χ2v) is 3.09. The molecule has 1 fully saturated rings. The van der Waals surface area contributed by atoms with Crippen LogP contribution in [0.1, 0.15) is 6.92 Å². The fraction of sp³-hybridized carbons (Fsp3) is 0.429. The van der Waals surface area contributed by atoms with Gasteiger partial charge in [0.1, 0.15) is 0 Å². The van der Waals surface area contributed by atoms with E-state index in [4.69, 9.17) is 0 Å². The second kappa shape index (κ2) is 3.77. The van der Waals surface area contributed by atoms with E-state index in [1.54, 1.807) is 10.6 Å². The van der Waals surface area contributed by atoms with E-state index in [0.29, 0.717) is 0 Å². The van der Waals surface area contributed by atoms with E-state index in [2.05, 4.69) is 4.74 Å². The predicted octanol–water partition coefficient (Wildman–Crippen LogP) is -1.43. The van der Waals surface area contributed by atoms with Crippen LogP contribution in [0.4, 0.5) is 9.59 Å². The first kappa shape index (κ1) is 11.9. The third kappa shape index (κ3) is 1.56. The lowest BCUT2D eigenvalue weighted by atomic mass is 9.98. The van der Waals surface area contributed by atoms with Crippen molar-refractivity contribution in [3.8, 4) is 0 Å². The van der Waals surface area contributed by atoms with E-state index in [-0.39, 0.29) is 5.06 Å². The minimum Gasteiger partial charge on any atom is -0.451 e. The van der Waals surface area contributed by atoms with E-state index in [1.807, 2.05) is 0 Å². The molecule has 0 atom stereocenters. The Morgan fingerprint density at radius 3 is 2.12 bits per heavy atom. The van der Waals surface area contributed by atoms with Crippen molar-refractivity contribution in [3.63, 3.8) is 0 Å². The van der Waals surface area contributed by atoms with Gasteiger partial charge in [0, 0.05) is 0 Å². The molecule has 0 radical (unpaired) electrons. The van der Waals surface area contributed by atoms with E-state index < -0.39 is 29.5 Å². The number of hydrogen-bond acceptors (Lipinski definition) is 6. The molecule has 1 aliphatic rings. The number of ether oxygens (including phenoxy) is 1. The molecule has 0 aromatic carbocycles. The van der Waals surface area contributed by atoms with Crippen molar-refractivity contribution in [1.29, 1.82) is 0 Å². The van der Waals surface area contributed by atoms with Crippen LogP contribution in [0.25, 0.3) is 0 Å². The van der Waals surface area contributed by atoms with Crippen molar-refractivity contribution in [2.24, 2.45) is 0 Å². The molecule has 1 heterocycles. The molecule has 5 amide bonds. The summed E-state index contributed by atoms with van der Waals surface area (Å²) in [6.45, 7) is 0.959. The Morgan fingerprint density at radius 1 is 1.31 bits per heavy atom. The second-order valence-electron chi connectivity index (χ2n) is 3.09. The Kier molecular flexibility index (Phi) is 2.81. The lowest BCUT2D eigenvalue weighted by Gasteiger charge is -2.34. The molecule has 9 heteroatoms. The molecular weight excluding hydrogens is 222 g/mol. The Morgan fingerprint density at radius 2 is 1.75 bits per heavy atom. The number of nitrogens with zero attached hydrogens (tertiary/aromatic N) is 1. The fourth-order valence-electron chi connectivity index (χ4n) is 1.05. The number of nitrogens with one attached hydrogen (secondary N) is 2. The Bertz CT molecular complexity index is 358. The first-order valence-electron chi connectivity index (χ1n) is 4.08. The molecule has 0 aromatic rings. The third-order valence-corrected chi connectivity index (χ3v) is 2.11. The van der Waals surface area contributed by atoms with Crippen molar-refractivity contribution in [1.82, 2.24) is 15.7 Å². The lowest BCUT2D eigenvalue weighted by Crippen LogP contribution is -2.72. The number of hydroxylamine groups is 2. The van der Waals surface area contributed by atoms with Gasteiger partial charge in [-0.2, -0.15) is 5.06 Å². The van der Waals surface area contributed by atoms with Crippen LogP contribution in [-0.2, 0) is 14.3 Å². The van der Waals surface area contributed by atoms with E-state index in [9.17, 15) is 24.4 Å². The van der Waals surface area contributed by atoms with Gasteiger partial charge >= 0.3 is 12.1 Å². The number of amides is 5. The summed E-state index contributed by atoms with van der Waals surface area (Å²) in [5.41, 5.74) is -2.25. The van der Waals surface area contributed by atoms with Gasteiger partial charge in [0.25, 0.3) is 11.8 Å². The molecule has 0 saturated carbocycles. The summed E-state index contributed by atoms with van der Waals surface area (Å²) in [5.74, 6) is -2.26. The number of carbonyl (C=O) groups excluding carboxylic acids is 4. The Labute approximate surface area is 89.3 Å². The van der Waals surface area contributed by atoms with Gasteiger partial charge in [-0.15, -0.1) is 0 Å². The minimum atomic E-state index is -2.25. The molecule has 1 rings (SSSR count). The molecular formula is C7H9N3O6. The summed E-state index contributed by atoms with van der Waals surface area (Å²) < 4.78 is 4.15. The summed E-state index contributed by atoms with van der Waals surface area (Å²) in [6.07, 6.45) is -1.30. The summed E-state index contributed by atoms with van der Waals surface area (Å²) in [4.78, 5) is 44.5. The summed E-state index contributed by atoms with van der Waals surface area (Å²) in [7, 11) is 0.957. The monoisotopic (exact) mass is 231 g/mol. The van der Waals surface area contributed by atoms with Gasteiger partial charge in [-0.1, -0.05) is 0 Å². The van der Waals surface area contributed by atoms with Crippen LogP contribution in [0.2, 0.25) is 0 Å². The Balaban J connectivity index is 3.07. The van der Waals surface area contributed by atoms with Gasteiger partial charge < -0.3 is 4.74 Å². The molecule has 0 unspecified atom stereocenters. The molecule has 1 saturated heterocycles. The number of carbonyl (C=O) groups is 4. The van der Waals surface area contributed by atoms with Crippen LogP contribution in [-0.4, -0.2) is 46.9 Å². The highest BCUT2D eigenvalue weighted by molar-refractivity contribution is 6.22. The van der Waals surface area contributed by atoms with Gasteiger partial charge in [-0.3, -0.25) is 25.4 Å². The zero-order chi connectivity index (χ0) is 12.5. The van der Waals surface area contributed by atoms with Crippen molar-refractivity contribution in [2.75, 3.05) is 7.11 Å². The molecule has 1 aliphatic heterocycles. The number of imide groups is 2. The van der Waals surface area contributed by atoms with Crippen LogP contribution in [0.5, 0.6) is 0 Å². The average molecular weight is 231 g/mol. The molecule has 3 N–H and O–H groups in total. The van der Waals surface area contributed by atoms with Crippen LogP contribution in [0.15, 0.2) is 0 Å². The smallest absolute Gasteiger partial charge is 0.435 e. The number of barbiturate groups is 1. The average Bonchev–Trinajstić information content (AvgIpc) is 2.23. The SMILES string of the molecule is COC(=O)N(O)C1(C)C(=O)NC(=O)NC1=O. The standard InChI is InChI=1S/C7H9N3O6/c1-7(10(15)6(14)16-2)3(11)8-5(13)9-4(7)12/h15H,1-2H3,(H2,8,9,11,12,13). The van der Waals surface area contributed by atoms with Crippen LogP contribution in [0.3, 0.4) is 0 Å². The highest BCUT2D eigenvalue weighted by Crippen LogP contribution is 2.17. The van der Waals surface area contributed by atoms with E-state index >= 15 is 0 Å². The highest BCUT2D eigenvalue weighted by Gasteiger charge is 2.53. The highest BCUT2D eigenvalue weighted by atomic mass is 16.6. The zero-order valence-corrected chi connectivity index (χ0v) is 8.44. The zero-order valence-electron chi connectivity index (χ0n) is 8.44. The molecule has 0 bridgehead atoms. The molecule has 88 valence electrons. The van der Waals surface area contributed by atoms with Gasteiger partial charge in [-0.05, 0) is 6.92 Å². The molecule has 0 spiro atoms. The molecule has 16 heavy (non-hydrogen) atoms. The molecule has 0 aliphatic carbocycles.